The molecule has 2 unspecified atom stereocenters. The molecule has 0 bridgehead atoms. The topological polar surface area (TPSA) is 52.6 Å². The summed E-state index contributed by atoms with van der Waals surface area (Å²) in [5, 5.41) is 0. The van der Waals surface area contributed by atoms with E-state index in [1.807, 2.05) is 0 Å². The van der Waals surface area contributed by atoms with Gasteiger partial charge in [-0.2, -0.15) is 0 Å². The van der Waals surface area contributed by atoms with Gasteiger partial charge in [0.2, 0.25) is 0 Å². The van der Waals surface area contributed by atoms with Crippen LogP contribution in [0.25, 0.3) is 0 Å². The molecule has 0 fully saturated rings. The van der Waals surface area contributed by atoms with E-state index in [-0.39, 0.29) is 0 Å². The molecule has 0 saturated carbocycles. The number of ether oxygens (including phenoxy) is 2. The van der Waals surface area contributed by atoms with Gasteiger partial charge in [0.05, 0.1) is 24.3 Å². The summed E-state index contributed by atoms with van der Waals surface area (Å²) in [6.45, 7) is 11.9. The molecule has 0 radical (unpaired) electrons. The molecule has 0 aliphatic heterocycles. The molecule has 0 heterocycles. The molecule has 1 aromatic rings. The first kappa shape index (κ1) is 28.2. The Balaban J connectivity index is 2.50. The minimum absolute atomic E-state index is 0.295. The van der Waals surface area contributed by atoms with E-state index in [0.717, 1.165) is 44.4 Å². The first-order valence-corrected chi connectivity index (χ1v) is 12.8. The molecule has 0 saturated heterocycles. The van der Waals surface area contributed by atoms with Gasteiger partial charge in [0, 0.05) is 0 Å². The summed E-state index contributed by atoms with van der Waals surface area (Å²) in [7, 11) is 0. The van der Waals surface area contributed by atoms with Crippen LogP contribution in [-0.4, -0.2) is 25.2 Å². The standard InChI is InChI=1S/C28H46O4/c1-6-15-24(20-23(5)7-2)21-32-28(30)26-18-13-12-17-25(26)27(29)31-19-14-10-8-9-11-16-22(3)4/h12-13,17-18,22-24H,6-11,14-16,19-21H2,1-5H3. The highest BCUT2D eigenvalue weighted by Gasteiger charge is 2.21. The molecule has 4 heteroatoms. The minimum atomic E-state index is -0.443. The Morgan fingerprint density at radius 1 is 0.812 bits per heavy atom. The number of unbranched alkanes of at least 4 members (excludes halogenated alkanes) is 4. The Kier molecular flexibility index (Phi) is 14.8. The number of rotatable bonds is 17. The molecule has 0 aromatic heterocycles. The van der Waals surface area contributed by atoms with Crippen LogP contribution >= 0.6 is 0 Å². The summed E-state index contributed by atoms with van der Waals surface area (Å²) in [5.74, 6) is 0.858. The zero-order chi connectivity index (χ0) is 23.8. The molecule has 182 valence electrons. The van der Waals surface area contributed by atoms with Crippen LogP contribution in [0.4, 0.5) is 0 Å². The molecule has 4 nitrogen and oxygen atoms in total. The molecule has 0 N–H and O–H groups in total. The van der Waals surface area contributed by atoms with Gasteiger partial charge < -0.3 is 9.47 Å². The third-order valence-corrected chi connectivity index (χ3v) is 6.11. The maximum absolute atomic E-state index is 12.7. The Hall–Kier alpha value is -1.84. The average molecular weight is 447 g/mol. The smallest absolute Gasteiger partial charge is 0.339 e. The third kappa shape index (κ3) is 11.7. The number of carbonyl (C=O) groups is 2. The summed E-state index contributed by atoms with van der Waals surface area (Å²) < 4.78 is 11.1. The second-order valence-corrected chi connectivity index (χ2v) is 9.63. The van der Waals surface area contributed by atoms with E-state index >= 15 is 0 Å². The number of benzene rings is 1. The van der Waals surface area contributed by atoms with Gasteiger partial charge in [-0.05, 0) is 49.1 Å². The SMILES string of the molecule is CCCC(COC(=O)c1ccccc1C(=O)OCCCCCCCC(C)C)CC(C)CC. The summed E-state index contributed by atoms with van der Waals surface area (Å²) in [6.07, 6.45) is 11.2. The van der Waals surface area contributed by atoms with Crippen molar-refractivity contribution < 1.29 is 19.1 Å². The zero-order valence-corrected chi connectivity index (χ0v) is 21.2. The molecule has 1 rings (SSSR count). The first-order valence-electron chi connectivity index (χ1n) is 12.8. The summed E-state index contributed by atoms with van der Waals surface area (Å²) in [5.41, 5.74) is 0.591. The second-order valence-electron chi connectivity index (χ2n) is 9.63. The summed E-state index contributed by atoms with van der Waals surface area (Å²) >= 11 is 0. The maximum Gasteiger partial charge on any atom is 0.339 e. The molecular weight excluding hydrogens is 400 g/mol. The highest BCUT2D eigenvalue weighted by molar-refractivity contribution is 6.03. The Morgan fingerprint density at radius 3 is 2.00 bits per heavy atom. The second kappa shape index (κ2) is 16.7. The van der Waals surface area contributed by atoms with Gasteiger partial charge in [-0.15, -0.1) is 0 Å². The van der Waals surface area contributed by atoms with E-state index in [4.69, 9.17) is 9.47 Å². The first-order chi connectivity index (χ1) is 15.4. The highest BCUT2D eigenvalue weighted by atomic mass is 16.5. The number of carbonyl (C=O) groups excluding carboxylic acids is 2. The average Bonchev–Trinajstić information content (AvgIpc) is 2.78. The molecule has 0 spiro atoms. The van der Waals surface area contributed by atoms with E-state index in [1.54, 1.807) is 24.3 Å². The van der Waals surface area contributed by atoms with E-state index in [1.165, 1.54) is 25.7 Å². The highest BCUT2D eigenvalue weighted by Crippen LogP contribution is 2.21. The molecule has 32 heavy (non-hydrogen) atoms. The molecular formula is C28H46O4. The van der Waals surface area contributed by atoms with Crippen molar-refractivity contribution in [2.75, 3.05) is 13.2 Å². The van der Waals surface area contributed by atoms with Crippen LogP contribution in [0.15, 0.2) is 24.3 Å². The predicted octanol–water partition coefficient (Wildman–Crippen LogP) is 7.85. The van der Waals surface area contributed by atoms with Crippen molar-refractivity contribution in [3.63, 3.8) is 0 Å². The third-order valence-electron chi connectivity index (χ3n) is 6.11. The number of hydrogen-bond acceptors (Lipinski definition) is 4. The number of esters is 2. The monoisotopic (exact) mass is 446 g/mol. The molecule has 0 aliphatic carbocycles. The molecule has 2 atom stereocenters. The Morgan fingerprint density at radius 2 is 1.41 bits per heavy atom. The van der Waals surface area contributed by atoms with Crippen LogP contribution in [0.1, 0.15) is 120 Å². The lowest BCUT2D eigenvalue weighted by atomic mass is 9.91. The van der Waals surface area contributed by atoms with Gasteiger partial charge in [-0.25, -0.2) is 9.59 Å². The largest absolute Gasteiger partial charge is 0.462 e. The Bertz CT molecular complexity index is 653. The van der Waals surface area contributed by atoms with Gasteiger partial charge in [0.1, 0.15) is 0 Å². The summed E-state index contributed by atoms with van der Waals surface area (Å²) in [4.78, 5) is 25.3. The van der Waals surface area contributed by atoms with Crippen LogP contribution < -0.4 is 0 Å². The Labute approximate surface area is 196 Å². The van der Waals surface area contributed by atoms with E-state index in [0.29, 0.717) is 36.2 Å². The van der Waals surface area contributed by atoms with Crippen LogP contribution in [0.3, 0.4) is 0 Å². The maximum atomic E-state index is 12.7. The van der Waals surface area contributed by atoms with Gasteiger partial charge in [-0.3, -0.25) is 0 Å². The zero-order valence-electron chi connectivity index (χ0n) is 21.2. The molecule has 0 amide bonds. The van der Waals surface area contributed by atoms with Crippen LogP contribution in [0, 0.1) is 17.8 Å². The van der Waals surface area contributed by atoms with E-state index in [9.17, 15) is 9.59 Å². The lowest BCUT2D eigenvalue weighted by Gasteiger charge is -2.20. The van der Waals surface area contributed by atoms with Gasteiger partial charge >= 0.3 is 11.9 Å². The van der Waals surface area contributed by atoms with Crippen molar-refractivity contribution in [2.45, 2.75) is 98.8 Å². The minimum Gasteiger partial charge on any atom is -0.462 e. The van der Waals surface area contributed by atoms with Crippen molar-refractivity contribution in [3.8, 4) is 0 Å². The van der Waals surface area contributed by atoms with Crippen molar-refractivity contribution in [3.05, 3.63) is 35.4 Å². The lowest BCUT2D eigenvalue weighted by Crippen LogP contribution is -2.19. The van der Waals surface area contributed by atoms with Gasteiger partial charge in [0.25, 0.3) is 0 Å². The van der Waals surface area contributed by atoms with Crippen LogP contribution in [-0.2, 0) is 9.47 Å². The van der Waals surface area contributed by atoms with Gasteiger partial charge in [-0.1, -0.05) is 91.7 Å². The fraction of sp³-hybridized carbons (Fsp3) is 0.714. The van der Waals surface area contributed by atoms with Gasteiger partial charge in [0.15, 0.2) is 0 Å². The molecule has 1 aromatic carbocycles. The van der Waals surface area contributed by atoms with Crippen molar-refractivity contribution in [2.24, 2.45) is 17.8 Å². The molecule has 0 aliphatic rings. The lowest BCUT2D eigenvalue weighted by molar-refractivity contribution is 0.0393. The van der Waals surface area contributed by atoms with Crippen molar-refractivity contribution in [1.29, 1.82) is 0 Å². The quantitative estimate of drug-likeness (QED) is 0.181. The number of hydrogen-bond donors (Lipinski definition) is 0. The fourth-order valence-electron chi connectivity index (χ4n) is 3.95. The summed E-state index contributed by atoms with van der Waals surface area (Å²) in [6, 6.07) is 6.81. The van der Waals surface area contributed by atoms with Crippen LogP contribution in [0.5, 0.6) is 0 Å². The fourth-order valence-corrected chi connectivity index (χ4v) is 3.95. The predicted molar refractivity (Wildman–Crippen MR) is 132 cm³/mol. The normalized spacial score (nSPS) is 13.1. The van der Waals surface area contributed by atoms with E-state index in [2.05, 4.69) is 34.6 Å². The van der Waals surface area contributed by atoms with Crippen molar-refractivity contribution in [1.82, 2.24) is 0 Å². The van der Waals surface area contributed by atoms with Crippen molar-refractivity contribution >= 4 is 11.9 Å². The van der Waals surface area contributed by atoms with Crippen LogP contribution in [0.2, 0.25) is 0 Å². The van der Waals surface area contributed by atoms with E-state index < -0.39 is 11.9 Å².